The fourth-order valence-corrected chi connectivity index (χ4v) is 3.31. The molecule has 0 radical (unpaired) electrons. The molecule has 0 saturated carbocycles. The molecule has 2 aromatic rings. The molecule has 98 valence electrons. The summed E-state index contributed by atoms with van der Waals surface area (Å²) >= 11 is 5.93. The van der Waals surface area contributed by atoms with Crippen molar-refractivity contribution in [2.24, 2.45) is 0 Å². The van der Waals surface area contributed by atoms with Crippen molar-refractivity contribution in [1.29, 1.82) is 5.26 Å². The summed E-state index contributed by atoms with van der Waals surface area (Å²) in [5.74, 6) is 0.260. The Hall–Kier alpha value is -1.19. The van der Waals surface area contributed by atoms with E-state index < -0.39 is 0 Å². The van der Waals surface area contributed by atoms with Gasteiger partial charge in [0.2, 0.25) is 0 Å². The van der Waals surface area contributed by atoms with Crippen molar-refractivity contribution < 1.29 is 0 Å². The van der Waals surface area contributed by atoms with Gasteiger partial charge in [-0.25, -0.2) is 0 Å². The minimum absolute atomic E-state index is 0.260. The van der Waals surface area contributed by atoms with Crippen molar-refractivity contribution in [1.82, 2.24) is 4.98 Å². The second-order valence-corrected chi connectivity index (χ2v) is 6.60. The van der Waals surface area contributed by atoms with Gasteiger partial charge in [-0.3, -0.25) is 4.98 Å². The Labute approximate surface area is 139 Å². The topological polar surface area (TPSA) is 36.7 Å². The van der Waals surface area contributed by atoms with Gasteiger partial charge in [0.15, 0.2) is 0 Å². The lowest BCUT2D eigenvalue weighted by atomic mass is 9.86. The van der Waals surface area contributed by atoms with E-state index in [4.69, 9.17) is 5.26 Å². The van der Waals surface area contributed by atoms with Crippen LogP contribution in [0.3, 0.4) is 0 Å². The summed E-state index contributed by atoms with van der Waals surface area (Å²) in [6.45, 7) is 0. The highest BCUT2D eigenvalue weighted by atomic mass is 127. The van der Waals surface area contributed by atoms with Gasteiger partial charge < -0.3 is 0 Å². The molecule has 1 aromatic carbocycles. The van der Waals surface area contributed by atoms with Gasteiger partial charge in [-0.15, -0.1) is 0 Å². The Morgan fingerprint density at radius 1 is 1.30 bits per heavy atom. The zero-order valence-corrected chi connectivity index (χ0v) is 14.2. The van der Waals surface area contributed by atoms with Crippen LogP contribution in [0.4, 0.5) is 0 Å². The third-order valence-corrected chi connectivity index (χ3v) is 5.88. The van der Waals surface area contributed by atoms with Crippen LogP contribution in [0.1, 0.15) is 34.7 Å². The summed E-state index contributed by atoms with van der Waals surface area (Å²) in [5.41, 5.74) is 4.16. The van der Waals surface area contributed by atoms with Gasteiger partial charge in [-0.2, -0.15) is 5.26 Å². The zero-order valence-electron chi connectivity index (χ0n) is 10.5. The monoisotopic (exact) mass is 436 g/mol. The summed E-state index contributed by atoms with van der Waals surface area (Å²) < 4.78 is 2.23. The molecule has 1 aliphatic carbocycles. The van der Waals surface area contributed by atoms with Gasteiger partial charge >= 0.3 is 0 Å². The highest BCUT2D eigenvalue weighted by molar-refractivity contribution is 14.1. The van der Waals surface area contributed by atoms with Crippen LogP contribution in [0.2, 0.25) is 0 Å². The van der Waals surface area contributed by atoms with Crippen molar-refractivity contribution in [3.8, 4) is 6.07 Å². The van der Waals surface area contributed by atoms with Gasteiger partial charge in [0, 0.05) is 25.7 Å². The number of nitrogens with zero attached hydrogens (tertiary/aromatic N) is 2. The first kappa shape index (κ1) is 13.8. The Balaban J connectivity index is 2.08. The number of halogens is 2. The molecule has 1 aromatic heterocycles. The number of aromatic nitrogens is 1. The molecule has 2 nitrogen and oxygen atoms in total. The molecule has 20 heavy (non-hydrogen) atoms. The molecule has 1 heterocycles. The molecule has 0 N–H and O–H groups in total. The first-order valence-electron chi connectivity index (χ1n) is 6.21. The van der Waals surface area contributed by atoms with Gasteiger partial charge in [-0.1, -0.05) is 24.3 Å². The van der Waals surface area contributed by atoms with E-state index in [1.54, 1.807) is 0 Å². The third kappa shape index (κ3) is 2.40. The Morgan fingerprint density at radius 3 is 2.75 bits per heavy atom. The largest absolute Gasteiger partial charge is 0.259 e. The SMILES string of the molecule is N#Cc1ccc(C2CC=Cc3c2ncc(I)c3Br)cc1. The third-order valence-electron chi connectivity index (χ3n) is 3.47. The number of hydrogen-bond donors (Lipinski definition) is 0. The number of nitriles is 1. The molecule has 4 heteroatoms. The van der Waals surface area contributed by atoms with Crippen molar-refractivity contribution in [2.75, 3.05) is 0 Å². The molecule has 0 fully saturated rings. The van der Waals surface area contributed by atoms with Crippen LogP contribution in [0.25, 0.3) is 6.08 Å². The minimum atomic E-state index is 0.260. The molecule has 1 atom stereocenters. The average Bonchev–Trinajstić information content (AvgIpc) is 2.51. The molecule has 0 bridgehead atoms. The first-order valence-corrected chi connectivity index (χ1v) is 8.08. The van der Waals surface area contributed by atoms with Gasteiger partial charge in [-0.05, 0) is 62.6 Å². The summed E-state index contributed by atoms with van der Waals surface area (Å²) in [7, 11) is 0. The highest BCUT2D eigenvalue weighted by Gasteiger charge is 2.22. The number of hydrogen-bond acceptors (Lipinski definition) is 2. The summed E-state index contributed by atoms with van der Waals surface area (Å²) in [5, 5.41) is 8.88. The fraction of sp³-hybridized carbons (Fsp3) is 0.125. The zero-order chi connectivity index (χ0) is 14.1. The van der Waals surface area contributed by atoms with E-state index in [1.807, 2.05) is 30.5 Å². The minimum Gasteiger partial charge on any atom is -0.259 e. The maximum atomic E-state index is 8.88. The molecule has 0 spiro atoms. The average molecular weight is 437 g/mol. The molecule has 0 aliphatic heterocycles. The van der Waals surface area contributed by atoms with Gasteiger partial charge in [0.1, 0.15) is 0 Å². The van der Waals surface area contributed by atoms with Crippen LogP contribution in [0.5, 0.6) is 0 Å². The Kier molecular flexibility index (Phi) is 3.90. The lowest BCUT2D eigenvalue weighted by Gasteiger charge is -2.22. The quantitative estimate of drug-likeness (QED) is 0.598. The normalized spacial score (nSPS) is 16.6. The number of benzene rings is 1. The second kappa shape index (κ2) is 5.66. The van der Waals surface area contributed by atoms with Crippen LogP contribution in [-0.4, -0.2) is 4.98 Å². The van der Waals surface area contributed by atoms with E-state index in [1.165, 1.54) is 5.56 Å². The number of pyridine rings is 1. The maximum absolute atomic E-state index is 8.88. The van der Waals surface area contributed by atoms with Gasteiger partial charge in [0.05, 0.1) is 17.3 Å². The molecule has 0 amide bonds. The van der Waals surface area contributed by atoms with Crippen LogP contribution >= 0.6 is 38.5 Å². The standard InChI is InChI=1S/C16H10BrIN2/c17-15-13-3-1-2-12(16(13)20-9-14(15)18)11-6-4-10(8-19)5-7-11/h1,3-7,9,12H,2H2. The van der Waals surface area contributed by atoms with E-state index in [2.05, 4.69) is 61.7 Å². The predicted octanol–water partition coefficient (Wildman–Crippen LogP) is 4.87. The van der Waals surface area contributed by atoms with Crippen LogP contribution in [-0.2, 0) is 0 Å². The van der Waals surface area contributed by atoms with Gasteiger partial charge in [0.25, 0.3) is 0 Å². The number of fused-ring (bicyclic) bond motifs is 1. The smallest absolute Gasteiger partial charge is 0.0991 e. The molecular weight excluding hydrogens is 427 g/mol. The van der Waals surface area contributed by atoms with Crippen molar-refractivity contribution >= 4 is 44.6 Å². The van der Waals surface area contributed by atoms with E-state index in [-0.39, 0.29) is 5.92 Å². The number of rotatable bonds is 1. The molecule has 1 unspecified atom stereocenters. The second-order valence-electron chi connectivity index (χ2n) is 4.64. The van der Waals surface area contributed by atoms with E-state index in [0.29, 0.717) is 5.56 Å². The van der Waals surface area contributed by atoms with Crippen LogP contribution in [0, 0.1) is 14.9 Å². The van der Waals surface area contributed by atoms with E-state index in [9.17, 15) is 0 Å². The first-order chi connectivity index (χ1) is 9.70. The van der Waals surface area contributed by atoms with E-state index >= 15 is 0 Å². The highest BCUT2D eigenvalue weighted by Crippen LogP contribution is 2.38. The van der Waals surface area contributed by atoms with Crippen molar-refractivity contribution in [2.45, 2.75) is 12.3 Å². The van der Waals surface area contributed by atoms with E-state index in [0.717, 1.165) is 25.7 Å². The maximum Gasteiger partial charge on any atom is 0.0991 e. The summed E-state index contributed by atoms with van der Waals surface area (Å²) in [6, 6.07) is 9.95. The Morgan fingerprint density at radius 2 is 2.05 bits per heavy atom. The van der Waals surface area contributed by atoms with Crippen LogP contribution in [0.15, 0.2) is 41.0 Å². The van der Waals surface area contributed by atoms with Crippen molar-refractivity contribution in [3.05, 3.63) is 67.0 Å². The molecule has 0 saturated heterocycles. The number of allylic oxidation sites excluding steroid dienone is 1. The lowest BCUT2D eigenvalue weighted by molar-refractivity contribution is 0.780. The summed E-state index contributed by atoms with van der Waals surface area (Å²) in [4.78, 5) is 4.63. The van der Waals surface area contributed by atoms with Crippen LogP contribution < -0.4 is 0 Å². The Bertz CT molecular complexity index is 729. The van der Waals surface area contributed by atoms with Crippen molar-refractivity contribution in [3.63, 3.8) is 0 Å². The summed E-state index contributed by atoms with van der Waals surface area (Å²) in [6.07, 6.45) is 7.17. The molecule has 1 aliphatic rings. The molecule has 3 rings (SSSR count). The molecular formula is C16H10BrIN2. The fourth-order valence-electron chi connectivity index (χ4n) is 2.45. The predicted molar refractivity (Wildman–Crippen MR) is 91.3 cm³/mol. The lowest BCUT2D eigenvalue weighted by Crippen LogP contribution is -2.09.